The van der Waals surface area contributed by atoms with Gasteiger partial charge in [0, 0.05) is 0 Å². The van der Waals surface area contributed by atoms with Crippen molar-refractivity contribution in [3.8, 4) is 0 Å². The van der Waals surface area contributed by atoms with Crippen LogP contribution in [-0.2, 0) is 4.79 Å². The van der Waals surface area contributed by atoms with Crippen LogP contribution in [-0.4, -0.2) is 18.6 Å². The van der Waals surface area contributed by atoms with Crippen LogP contribution in [0.1, 0.15) is 27.7 Å². The normalized spacial score (nSPS) is 15.0. The summed E-state index contributed by atoms with van der Waals surface area (Å²) in [7, 11) is 0. The van der Waals surface area contributed by atoms with Crippen LogP contribution in [0.2, 0.25) is 0 Å². The molecule has 0 N–H and O–H groups in total. The molecule has 0 aliphatic carbocycles. The first kappa shape index (κ1) is 24.2. The molecule has 0 aromatic rings. The lowest BCUT2D eigenvalue weighted by atomic mass is 9.96. The molecule has 0 spiro atoms. The van der Waals surface area contributed by atoms with Crippen LogP contribution >= 0.6 is 31.9 Å². The van der Waals surface area contributed by atoms with Gasteiger partial charge >= 0.3 is 12.4 Å². The first-order chi connectivity index (χ1) is 9.64. The monoisotopic (exact) mass is 462 g/mol. The number of carbonyl (C=O) groups excluding carboxylic acids is 1. The average Bonchev–Trinajstić information content (AvgIpc) is 2.22. The van der Waals surface area contributed by atoms with Gasteiger partial charge in [0.1, 0.15) is 12.2 Å². The summed E-state index contributed by atoms with van der Waals surface area (Å²) in [5, 5.41) is 0. The van der Waals surface area contributed by atoms with Gasteiger partial charge in [0.2, 0.25) is 0 Å². The zero-order valence-electron chi connectivity index (χ0n) is 12.4. The fraction of sp³-hybridized carbons (Fsp3) is 0.769. The van der Waals surface area contributed by atoms with Gasteiger partial charge in [0.25, 0.3) is 0 Å². The summed E-state index contributed by atoms with van der Waals surface area (Å²) >= 11 is 5.83. The standard InChI is InChI=1S/C7H9Br2F3.C6H9F3O/c1-4(2)5(3-6(8)9)7(10,11)12;1-4(2)5(3-10)6(7,8)9/h3-5H,1-2H3;3-5H,1-2H3. The van der Waals surface area contributed by atoms with Crippen molar-refractivity contribution in [1.29, 1.82) is 0 Å². The molecule has 0 aromatic carbocycles. The molecule has 0 amide bonds. The van der Waals surface area contributed by atoms with Crippen molar-refractivity contribution in [3.63, 3.8) is 0 Å². The van der Waals surface area contributed by atoms with Crippen molar-refractivity contribution >= 4 is 38.1 Å². The van der Waals surface area contributed by atoms with E-state index in [0.29, 0.717) is 3.39 Å². The van der Waals surface area contributed by atoms with Gasteiger partial charge in [-0.15, -0.1) is 0 Å². The molecule has 0 radical (unpaired) electrons. The third kappa shape index (κ3) is 10.6. The van der Waals surface area contributed by atoms with Crippen molar-refractivity contribution in [2.24, 2.45) is 23.7 Å². The lowest BCUT2D eigenvalue weighted by molar-refractivity contribution is -0.183. The van der Waals surface area contributed by atoms with Crippen molar-refractivity contribution in [1.82, 2.24) is 0 Å². The lowest BCUT2D eigenvalue weighted by Gasteiger charge is -2.20. The topological polar surface area (TPSA) is 17.1 Å². The molecular formula is C13H18Br2F6O. The molecule has 0 saturated carbocycles. The number of allylic oxidation sites excluding steroid dienone is 1. The van der Waals surface area contributed by atoms with Crippen molar-refractivity contribution in [3.05, 3.63) is 9.47 Å². The molecule has 1 nitrogen and oxygen atoms in total. The Labute approximate surface area is 142 Å². The van der Waals surface area contributed by atoms with Crippen LogP contribution in [0, 0.1) is 23.7 Å². The van der Waals surface area contributed by atoms with Gasteiger partial charge in [-0.3, -0.25) is 0 Å². The predicted octanol–water partition coefficient (Wildman–Crippen LogP) is 6.47. The lowest BCUT2D eigenvalue weighted by Crippen LogP contribution is -2.28. The van der Waals surface area contributed by atoms with Gasteiger partial charge in [0.15, 0.2) is 0 Å². The average molecular weight is 464 g/mol. The Morgan fingerprint density at radius 1 is 0.818 bits per heavy atom. The molecule has 0 aromatic heterocycles. The summed E-state index contributed by atoms with van der Waals surface area (Å²) < 4.78 is 72.3. The molecule has 0 saturated heterocycles. The van der Waals surface area contributed by atoms with E-state index in [2.05, 4.69) is 31.9 Å². The summed E-state index contributed by atoms with van der Waals surface area (Å²) in [4.78, 5) is 9.87. The molecular weight excluding hydrogens is 446 g/mol. The Morgan fingerprint density at radius 2 is 1.14 bits per heavy atom. The van der Waals surface area contributed by atoms with E-state index in [0.717, 1.165) is 6.08 Å². The van der Waals surface area contributed by atoms with Crippen LogP contribution < -0.4 is 0 Å². The first-order valence-electron chi connectivity index (χ1n) is 6.26. The molecule has 0 aliphatic rings. The zero-order chi connectivity index (χ0) is 18.3. The Bertz CT molecular complexity index is 357. The maximum absolute atomic E-state index is 12.2. The molecule has 0 heterocycles. The third-order valence-corrected chi connectivity index (χ3v) is 3.17. The van der Waals surface area contributed by atoms with E-state index < -0.39 is 36.0 Å². The second-order valence-corrected chi connectivity index (χ2v) is 7.99. The van der Waals surface area contributed by atoms with Crippen LogP contribution in [0.5, 0.6) is 0 Å². The first-order valence-corrected chi connectivity index (χ1v) is 7.84. The summed E-state index contributed by atoms with van der Waals surface area (Å²) in [5.74, 6) is -4.33. The Kier molecular flexibility index (Phi) is 10.9. The van der Waals surface area contributed by atoms with E-state index in [4.69, 9.17) is 0 Å². The zero-order valence-corrected chi connectivity index (χ0v) is 15.6. The highest BCUT2D eigenvalue weighted by Crippen LogP contribution is 2.35. The molecule has 2 unspecified atom stereocenters. The number of hydrogen-bond donors (Lipinski definition) is 0. The minimum Gasteiger partial charge on any atom is -0.303 e. The van der Waals surface area contributed by atoms with E-state index in [9.17, 15) is 31.1 Å². The largest absolute Gasteiger partial charge is 0.398 e. The van der Waals surface area contributed by atoms with Crippen LogP contribution in [0.3, 0.4) is 0 Å². The highest BCUT2D eigenvalue weighted by atomic mass is 79.9. The van der Waals surface area contributed by atoms with Crippen LogP contribution in [0.25, 0.3) is 0 Å². The maximum atomic E-state index is 12.2. The molecule has 132 valence electrons. The maximum Gasteiger partial charge on any atom is 0.398 e. The van der Waals surface area contributed by atoms with E-state index >= 15 is 0 Å². The fourth-order valence-electron chi connectivity index (χ4n) is 1.41. The highest BCUT2D eigenvalue weighted by Gasteiger charge is 2.41. The summed E-state index contributed by atoms with van der Waals surface area (Å²) in [6, 6.07) is 0. The Hall–Kier alpha value is -0.0500. The summed E-state index contributed by atoms with van der Waals surface area (Å²) in [6.45, 7) is 5.81. The second-order valence-electron chi connectivity index (χ2n) is 5.22. The van der Waals surface area contributed by atoms with Crippen molar-refractivity contribution in [2.45, 2.75) is 40.0 Å². The van der Waals surface area contributed by atoms with E-state index in [1.54, 1.807) is 0 Å². The molecule has 0 rings (SSSR count). The van der Waals surface area contributed by atoms with Gasteiger partial charge in [-0.1, -0.05) is 33.8 Å². The van der Waals surface area contributed by atoms with Gasteiger partial charge in [-0.2, -0.15) is 26.3 Å². The summed E-state index contributed by atoms with van der Waals surface area (Å²) in [6.07, 6.45) is -7.48. The molecule has 22 heavy (non-hydrogen) atoms. The number of alkyl halides is 6. The van der Waals surface area contributed by atoms with Crippen LogP contribution in [0.4, 0.5) is 26.3 Å². The quantitative estimate of drug-likeness (QED) is 0.345. The Morgan fingerprint density at radius 3 is 1.18 bits per heavy atom. The fourth-order valence-corrected chi connectivity index (χ4v) is 1.98. The van der Waals surface area contributed by atoms with Gasteiger partial charge in [-0.25, -0.2) is 0 Å². The molecule has 2 atom stereocenters. The Balaban J connectivity index is 0. The molecule has 0 bridgehead atoms. The molecule has 0 fully saturated rings. The number of rotatable bonds is 4. The minimum atomic E-state index is -4.38. The smallest absolute Gasteiger partial charge is 0.303 e. The van der Waals surface area contributed by atoms with Gasteiger partial charge < -0.3 is 4.79 Å². The van der Waals surface area contributed by atoms with Gasteiger partial charge in [0.05, 0.1) is 9.31 Å². The van der Waals surface area contributed by atoms with Gasteiger partial charge in [-0.05, 0) is 43.7 Å². The number of hydrogen-bond acceptors (Lipinski definition) is 1. The van der Waals surface area contributed by atoms with Crippen molar-refractivity contribution in [2.75, 3.05) is 0 Å². The number of aldehydes is 1. The SMILES string of the molecule is CC(C)C(C=C(Br)Br)C(F)(F)F.CC(C)C(C=O)C(F)(F)F. The second kappa shape index (κ2) is 9.95. The van der Waals surface area contributed by atoms with Crippen molar-refractivity contribution < 1.29 is 31.1 Å². The summed E-state index contributed by atoms with van der Waals surface area (Å²) in [5.41, 5.74) is 0. The van der Waals surface area contributed by atoms with Crippen LogP contribution in [0.15, 0.2) is 9.47 Å². The third-order valence-electron chi connectivity index (χ3n) is 2.64. The van der Waals surface area contributed by atoms with E-state index in [1.807, 2.05) is 0 Å². The highest BCUT2D eigenvalue weighted by molar-refractivity contribution is 9.28. The number of halogens is 8. The number of carbonyl (C=O) groups is 1. The predicted molar refractivity (Wildman–Crippen MR) is 80.8 cm³/mol. The minimum absolute atomic E-state index is 0.0509. The molecule has 0 aliphatic heterocycles. The van der Waals surface area contributed by atoms with E-state index in [1.165, 1.54) is 27.7 Å². The van der Waals surface area contributed by atoms with E-state index in [-0.39, 0.29) is 6.29 Å². The molecule has 9 heteroatoms.